The zero-order valence-corrected chi connectivity index (χ0v) is 17.5. The van der Waals surface area contributed by atoms with Crippen molar-refractivity contribution >= 4 is 34.4 Å². The molecule has 29 heavy (non-hydrogen) atoms. The van der Waals surface area contributed by atoms with Crippen molar-refractivity contribution in [2.45, 2.75) is 6.92 Å². The summed E-state index contributed by atoms with van der Waals surface area (Å²) in [5.41, 5.74) is 3.86. The third kappa shape index (κ3) is 5.90. The molecule has 0 spiro atoms. The first-order valence-corrected chi connectivity index (χ1v) is 9.73. The molecule has 0 atom stereocenters. The van der Waals surface area contributed by atoms with Crippen LogP contribution in [0.4, 0.5) is 11.5 Å². The summed E-state index contributed by atoms with van der Waals surface area (Å²) in [7, 11) is 6.17. The number of anilines is 2. The summed E-state index contributed by atoms with van der Waals surface area (Å²) in [5.74, 6) is 0.787. The van der Waals surface area contributed by atoms with E-state index in [4.69, 9.17) is 4.98 Å². The molecule has 0 fully saturated rings. The summed E-state index contributed by atoms with van der Waals surface area (Å²) in [6.45, 7) is 3.92. The lowest BCUT2D eigenvalue weighted by Crippen LogP contribution is -2.28. The summed E-state index contributed by atoms with van der Waals surface area (Å²) >= 11 is 0. The average molecular weight is 389 g/mol. The second kappa shape index (κ2) is 9.34. The fourth-order valence-corrected chi connectivity index (χ4v) is 2.90. The third-order valence-electron chi connectivity index (χ3n) is 4.72. The summed E-state index contributed by atoms with van der Waals surface area (Å²) in [6.07, 6.45) is 3.36. The van der Waals surface area contributed by atoms with E-state index in [0.717, 1.165) is 41.1 Å². The maximum absolute atomic E-state index is 12.2. The molecule has 1 amide bonds. The van der Waals surface area contributed by atoms with Crippen molar-refractivity contribution in [3.63, 3.8) is 0 Å². The van der Waals surface area contributed by atoms with Crippen LogP contribution in [0.15, 0.2) is 60.7 Å². The lowest BCUT2D eigenvalue weighted by molar-refractivity contribution is -0.111. The van der Waals surface area contributed by atoms with E-state index in [1.165, 1.54) is 5.56 Å². The minimum Gasteiger partial charge on any atom is -0.358 e. The van der Waals surface area contributed by atoms with Crippen LogP contribution in [0.25, 0.3) is 17.0 Å². The van der Waals surface area contributed by atoms with Gasteiger partial charge in [-0.1, -0.05) is 29.8 Å². The van der Waals surface area contributed by atoms with Crippen LogP contribution in [0, 0.1) is 6.92 Å². The number of nitrogens with zero attached hydrogens (tertiary/aromatic N) is 3. The molecule has 150 valence electrons. The van der Waals surface area contributed by atoms with E-state index in [1.807, 2.05) is 74.6 Å². The fraction of sp³-hybridized carbons (Fsp3) is 0.250. The van der Waals surface area contributed by atoms with E-state index in [1.54, 1.807) is 6.08 Å². The highest BCUT2D eigenvalue weighted by molar-refractivity contribution is 6.03. The van der Waals surface area contributed by atoms with Gasteiger partial charge >= 0.3 is 0 Å². The maximum atomic E-state index is 12.2. The first-order chi connectivity index (χ1) is 13.9. The first-order valence-electron chi connectivity index (χ1n) is 9.73. The van der Waals surface area contributed by atoms with Crippen molar-refractivity contribution in [2.75, 3.05) is 44.4 Å². The van der Waals surface area contributed by atoms with Crippen LogP contribution in [0.3, 0.4) is 0 Å². The molecule has 0 radical (unpaired) electrons. The largest absolute Gasteiger partial charge is 0.358 e. The van der Waals surface area contributed by atoms with Gasteiger partial charge in [0, 0.05) is 37.3 Å². The van der Waals surface area contributed by atoms with Crippen LogP contribution in [0.2, 0.25) is 0 Å². The third-order valence-corrected chi connectivity index (χ3v) is 4.72. The van der Waals surface area contributed by atoms with Crippen LogP contribution in [0.5, 0.6) is 0 Å². The highest BCUT2D eigenvalue weighted by Crippen LogP contribution is 2.21. The van der Waals surface area contributed by atoms with Gasteiger partial charge in [-0.3, -0.25) is 4.79 Å². The molecular formula is C24H28N4O. The van der Waals surface area contributed by atoms with Crippen molar-refractivity contribution in [3.05, 3.63) is 71.8 Å². The van der Waals surface area contributed by atoms with Gasteiger partial charge in [0.05, 0.1) is 5.52 Å². The van der Waals surface area contributed by atoms with E-state index in [9.17, 15) is 4.79 Å². The van der Waals surface area contributed by atoms with Crippen LogP contribution in [0.1, 0.15) is 11.1 Å². The van der Waals surface area contributed by atoms with Gasteiger partial charge in [-0.2, -0.15) is 0 Å². The Balaban J connectivity index is 1.67. The van der Waals surface area contributed by atoms with Gasteiger partial charge in [-0.15, -0.1) is 0 Å². The van der Waals surface area contributed by atoms with E-state index < -0.39 is 0 Å². The molecule has 0 aliphatic carbocycles. The molecule has 1 heterocycles. The number of benzene rings is 2. The van der Waals surface area contributed by atoms with E-state index in [-0.39, 0.29) is 5.91 Å². The number of hydrogen-bond donors (Lipinski definition) is 1. The van der Waals surface area contributed by atoms with Crippen LogP contribution in [-0.2, 0) is 4.79 Å². The molecule has 2 aromatic carbocycles. The molecule has 0 aliphatic heterocycles. The molecule has 1 N–H and O–H groups in total. The number of amides is 1. The summed E-state index contributed by atoms with van der Waals surface area (Å²) < 4.78 is 0. The summed E-state index contributed by atoms with van der Waals surface area (Å²) in [4.78, 5) is 21.3. The monoisotopic (exact) mass is 388 g/mol. The smallest absolute Gasteiger partial charge is 0.248 e. The predicted octanol–water partition coefficient (Wildman–Crippen LogP) is 4.19. The number of fused-ring (bicyclic) bond motifs is 1. The van der Waals surface area contributed by atoms with Gasteiger partial charge in [0.25, 0.3) is 0 Å². The summed E-state index contributed by atoms with van der Waals surface area (Å²) in [6, 6.07) is 17.9. The number of aromatic nitrogens is 1. The summed E-state index contributed by atoms with van der Waals surface area (Å²) in [5, 5.41) is 3.91. The van der Waals surface area contributed by atoms with Gasteiger partial charge in [0.1, 0.15) is 5.82 Å². The molecule has 0 saturated carbocycles. The molecule has 3 rings (SSSR count). The van der Waals surface area contributed by atoms with E-state index in [2.05, 4.69) is 29.2 Å². The normalized spacial score (nSPS) is 11.3. The second-order valence-corrected chi connectivity index (χ2v) is 7.54. The van der Waals surface area contributed by atoms with Crippen molar-refractivity contribution < 1.29 is 4.79 Å². The van der Waals surface area contributed by atoms with E-state index in [0.29, 0.717) is 0 Å². The second-order valence-electron chi connectivity index (χ2n) is 7.54. The van der Waals surface area contributed by atoms with Crippen LogP contribution >= 0.6 is 0 Å². The minimum atomic E-state index is -0.155. The molecule has 0 aliphatic rings. The Bertz CT molecular complexity index is 1010. The zero-order valence-electron chi connectivity index (χ0n) is 17.5. The highest BCUT2D eigenvalue weighted by Gasteiger charge is 2.06. The molecule has 3 aromatic rings. The van der Waals surface area contributed by atoms with Gasteiger partial charge in [0.15, 0.2) is 0 Å². The zero-order chi connectivity index (χ0) is 20.8. The average Bonchev–Trinajstić information content (AvgIpc) is 2.71. The number of carbonyl (C=O) groups excluding carboxylic acids is 1. The number of nitrogens with one attached hydrogen (secondary N) is 1. The maximum Gasteiger partial charge on any atom is 0.248 e. The Hall–Kier alpha value is -3.18. The van der Waals surface area contributed by atoms with Crippen molar-refractivity contribution in [1.29, 1.82) is 0 Å². The Morgan fingerprint density at radius 1 is 1.00 bits per heavy atom. The number of rotatable bonds is 7. The minimum absolute atomic E-state index is 0.155. The Kier molecular flexibility index (Phi) is 6.62. The first kappa shape index (κ1) is 20.6. The molecule has 5 heteroatoms. The van der Waals surface area contributed by atoms with Crippen molar-refractivity contribution in [3.8, 4) is 0 Å². The Morgan fingerprint density at radius 2 is 1.76 bits per heavy atom. The van der Waals surface area contributed by atoms with Gasteiger partial charge in [-0.05, 0) is 63.0 Å². The molecule has 5 nitrogen and oxygen atoms in total. The lowest BCUT2D eigenvalue weighted by atomic mass is 10.1. The fourth-order valence-electron chi connectivity index (χ4n) is 2.90. The Morgan fingerprint density at radius 3 is 2.48 bits per heavy atom. The molecule has 0 unspecified atom stereocenters. The number of likely N-dealkylation sites (N-methyl/N-ethyl adjacent to an activating group) is 2. The van der Waals surface area contributed by atoms with Gasteiger partial charge in [-0.25, -0.2) is 4.98 Å². The molecular weight excluding hydrogens is 360 g/mol. The van der Waals surface area contributed by atoms with Crippen molar-refractivity contribution in [2.24, 2.45) is 0 Å². The molecule has 0 bridgehead atoms. The standard InChI is InChI=1S/C24H28N4O/c1-18-5-7-19(8-6-18)9-14-24(29)25-21-11-12-22-20(17-21)10-13-23(26-22)28(4)16-15-27(2)3/h5-14,17H,15-16H2,1-4H3,(H,25,29)/b14-9-. The number of aryl methyl sites for hydroxylation is 1. The number of hydrogen-bond acceptors (Lipinski definition) is 4. The molecule has 0 saturated heterocycles. The number of pyridine rings is 1. The predicted molar refractivity (Wildman–Crippen MR) is 122 cm³/mol. The topological polar surface area (TPSA) is 48.5 Å². The SMILES string of the molecule is Cc1ccc(/C=C\C(=O)Nc2ccc3nc(N(C)CCN(C)C)ccc3c2)cc1. The highest BCUT2D eigenvalue weighted by atomic mass is 16.1. The van der Waals surface area contributed by atoms with Crippen LogP contribution in [-0.4, -0.2) is 50.0 Å². The lowest BCUT2D eigenvalue weighted by Gasteiger charge is -2.20. The molecule has 1 aromatic heterocycles. The van der Waals surface area contributed by atoms with Crippen molar-refractivity contribution in [1.82, 2.24) is 9.88 Å². The van der Waals surface area contributed by atoms with Gasteiger partial charge in [0.2, 0.25) is 5.91 Å². The Labute approximate surface area is 172 Å². The van der Waals surface area contributed by atoms with Crippen LogP contribution < -0.4 is 10.2 Å². The quantitative estimate of drug-likeness (QED) is 0.617. The van der Waals surface area contributed by atoms with E-state index >= 15 is 0 Å². The van der Waals surface area contributed by atoms with Gasteiger partial charge < -0.3 is 15.1 Å². The number of carbonyl (C=O) groups is 1.